The summed E-state index contributed by atoms with van der Waals surface area (Å²) in [4.78, 5) is 0. The Labute approximate surface area is 108 Å². The maximum atomic E-state index is 11.1. The highest BCUT2D eigenvalue weighted by atomic mass is 32.2. The van der Waals surface area contributed by atoms with Gasteiger partial charge in [-0.25, -0.2) is 8.42 Å². The largest absolute Gasteiger partial charge is 0.321 e. The van der Waals surface area contributed by atoms with Crippen LogP contribution in [0.25, 0.3) is 0 Å². The van der Waals surface area contributed by atoms with E-state index in [9.17, 15) is 8.42 Å². The van der Waals surface area contributed by atoms with Crippen LogP contribution in [-0.2, 0) is 22.8 Å². The van der Waals surface area contributed by atoms with E-state index in [0.29, 0.717) is 12.3 Å². The van der Waals surface area contributed by atoms with Crippen LogP contribution in [0, 0.1) is 5.92 Å². The van der Waals surface area contributed by atoms with Crippen LogP contribution in [0.5, 0.6) is 0 Å². The summed E-state index contributed by atoms with van der Waals surface area (Å²) in [5.74, 6) is 2.41. The van der Waals surface area contributed by atoms with Gasteiger partial charge in [0, 0.05) is 19.2 Å². The number of fused-ring (bicyclic) bond motifs is 1. The average molecular weight is 272 g/mol. The first-order valence-corrected chi connectivity index (χ1v) is 8.28. The molecule has 0 saturated carbocycles. The zero-order valence-corrected chi connectivity index (χ0v) is 11.7. The number of hydrogen-bond donors (Lipinski definition) is 1. The minimum atomic E-state index is -2.98. The number of hydrogen-bond acceptors (Lipinski definition) is 5. The minimum Gasteiger partial charge on any atom is -0.321 e. The van der Waals surface area contributed by atoms with Crippen LogP contribution in [-0.4, -0.2) is 35.2 Å². The Hall–Kier alpha value is -0.950. The van der Waals surface area contributed by atoms with Crippen LogP contribution in [0.4, 0.5) is 0 Å². The van der Waals surface area contributed by atoms with E-state index in [1.807, 2.05) is 4.57 Å². The number of sulfone groups is 1. The molecule has 1 aliphatic heterocycles. The van der Waals surface area contributed by atoms with Gasteiger partial charge in [-0.3, -0.25) is 0 Å². The monoisotopic (exact) mass is 272 g/mol. The fraction of sp³-hybridized carbons (Fsp3) is 0.818. The molecule has 0 saturated heterocycles. The summed E-state index contributed by atoms with van der Waals surface area (Å²) in [6.07, 6.45) is 3.63. The predicted octanol–water partition coefficient (Wildman–Crippen LogP) is 0.295. The van der Waals surface area contributed by atoms with Crippen molar-refractivity contribution in [1.29, 1.82) is 0 Å². The average Bonchev–Trinajstić information content (AvgIpc) is 2.67. The summed E-state index contributed by atoms with van der Waals surface area (Å²) in [7, 11) is -2.98. The van der Waals surface area contributed by atoms with Crippen LogP contribution in [0.2, 0.25) is 0 Å². The Morgan fingerprint density at radius 3 is 2.89 bits per heavy atom. The van der Waals surface area contributed by atoms with Crippen molar-refractivity contribution in [1.82, 2.24) is 14.8 Å². The molecule has 1 aromatic rings. The van der Waals surface area contributed by atoms with Crippen molar-refractivity contribution in [2.24, 2.45) is 11.7 Å². The lowest BCUT2D eigenvalue weighted by Gasteiger charge is -2.21. The van der Waals surface area contributed by atoms with Crippen molar-refractivity contribution in [2.75, 3.05) is 12.0 Å². The summed E-state index contributed by atoms with van der Waals surface area (Å²) in [6.45, 7) is 3.08. The topological polar surface area (TPSA) is 90.9 Å². The van der Waals surface area contributed by atoms with Crippen molar-refractivity contribution >= 4 is 9.84 Å². The van der Waals surface area contributed by atoms with E-state index >= 15 is 0 Å². The van der Waals surface area contributed by atoms with Crippen LogP contribution in [0.3, 0.4) is 0 Å². The van der Waals surface area contributed by atoms with Crippen LogP contribution in [0.15, 0.2) is 0 Å². The second kappa shape index (κ2) is 4.97. The molecule has 18 heavy (non-hydrogen) atoms. The third-order valence-corrected chi connectivity index (χ3v) is 4.34. The fourth-order valence-corrected chi connectivity index (χ4v) is 2.93. The molecule has 102 valence electrons. The van der Waals surface area contributed by atoms with Gasteiger partial charge in [0.05, 0.1) is 11.8 Å². The molecule has 1 aliphatic rings. The smallest absolute Gasteiger partial charge is 0.150 e. The first kappa shape index (κ1) is 13.5. The minimum absolute atomic E-state index is 0.0900. The molecule has 2 atom stereocenters. The van der Waals surface area contributed by atoms with E-state index in [1.165, 1.54) is 6.26 Å². The second-order valence-electron chi connectivity index (χ2n) is 5.25. The molecule has 0 fully saturated rings. The summed E-state index contributed by atoms with van der Waals surface area (Å²) in [5.41, 5.74) is 6.02. The van der Waals surface area contributed by atoms with E-state index in [0.717, 1.165) is 31.0 Å². The summed E-state index contributed by atoms with van der Waals surface area (Å²) in [5, 5.41) is 8.28. The molecule has 1 aromatic heterocycles. The molecule has 0 aliphatic carbocycles. The molecule has 6 nitrogen and oxygen atoms in total. The van der Waals surface area contributed by atoms with Gasteiger partial charge in [-0.05, 0) is 18.8 Å². The molecule has 0 bridgehead atoms. The second-order valence-corrected chi connectivity index (χ2v) is 7.51. The molecule has 7 heteroatoms. The van der Waals surface area contributed by atoms with Crippen molar-refractivity contribution in [3.63, 3.8) is 0 Å². The van der Waals surface area contributed by atoms with Gasteiger partial charge < -0.3 is 10.3 Å². The lowest BCUT2D eigenvalue weighted by molar-refractivity contribution is 0.396. The number of rotatable bonds is 4. The van der Waals surface area contributed by atoms with Gasteiger partial charge in [-0.2, -0.15) is 0 Å². The standard InChI is InChI=1S/C11H20N4O2S/c1-8-3-5-15-10(7-8)13-14-11(15)9(12)4-6-18(2,16)17/h8-9H,3-7,12H2,1-2H3. The van der Waals surface area contributed by atoms with Crippen molar-refractivity contribution in [2.45, 2.75) is 38.8 Å². The number of aromatic nitrogens is 3. The van der Waals surface area contributed by atoms with E-state index in [-0.39, 0.29) is 11.8 Å². The van der Waals surface area contributed by atoms with Crippen molar-refractivity contribution in [3.8, 4) is 0 Å². The summed E-state index contributed by atoms with van der Waals surface area (Å²) in [6, 6.07) is -0.352. The lowest BCUT2D eigenvalue weighted by Crippen LogP contribution is -2.24. The van der Waals surface area contributed by atoms with E-state index in [1.54, 1.807) is 0 Å². The molecule has 2 N–H and O–H groups in total. The Balaban J connectivity index is 2.10. The van der Waals surface area contributed by atoms with Crippen molar-refractivity contribution < 1.29 is 8.42 Å². The first-order valence-electron chi connectivity index (χ1n) is 6.22. The fourth-order valence-electron chi connectivity index (χ4n) is 2.25. The van der Waals surface area contributed by atoms with Gasteiger partial charge >= 0.3 is 0 Å². The number of nitrogens with two attached hydrogens (primary N) is 1. The van der Waals surface area contributed by atoms with Gasteiger partial charge in [-0.1, -0.05) is 6.92 Å². The molecule has 0 amide bonds. The Morgan fingerprint density at radius 1 is 1.50 bits per heavy atom. The van der Waals surface area contributed by atoms with E-state index in [2.05, 4.69) is 17.1 Å². The highest BCUT2D eigenvalue weighted by Crippen LogP contribution is 2.22. The zero-order chi connectivity index (χ0) is 13.3. The van der Waals surface area contributed by atoms with E-state index in [4.69, 9.17) is 5.73 Å². The molecule has 0 radical (unpaired) electrons. The molecular formula is C11H20N4O2S. The quantitative estimate of drug-likeness (QED) is 0.851. The molecule has 2 rings (SSSR count). The van der Waals surface area contributed by atoms with Gasteiger partial charge in [0.2, 0.25) is 0 Å². The Bertz CT molecular complexity index is 523. The molecular weight excluding hydrogens is 252 g/mol. The van der Waals surface area contributed by atoms with E-state index < -0.39 is 9.84 Å². The van der Waals surface area contributed by atoms with Gasteiger partial charge in [0.25, 0.3) is 0 Å². The van der Waals surface area contributed by atoms with Crippen LogP contribution < -0.4 is 5.73 Å². The summed E-state index contributed by atoms with van der Waals surface area (Å²) < 4.78 is 24.3. The summed E-state index contributed by atoms with van der Waals surface area (Å²) >= 11 is 0. The number of nitrogens with zero attached hydrogens (tertiary/aromatic N) is 3. The highest BCUT2D eigenvalue weighted by molar-refractivity contribution is 7.90. The molecule has 0 spiro atoms. The Kier molecular flexibility index (Phi) is 3.72. The predicted molar refractivity (Wildman–Crippen MR) is 68.8 cm³/mol. The van der Waals surface area contributed by atoms with Gasteiger partial charge in [0.15, 0.2) is 0 Å². The van der Waals surface area contributed by atoms with Crippen molar-refractivity contribution in [3.05, 3.63) is 11.6 Å². The van der Waals surface area contributed by atoms with Gasteiger partial charge in [-0.15, -0.1) is 10.2 Å². The maximum absolute atomic E-state index is 11.1. The molecule has 2 unspecified atom stereocenters. The Morgan fingerprint density at radius 2 is 2.22 bits per heavy atom. The van der Waals surface area contributed by atoms with Gasteiger partial charge in [0.1, 0.15) is 21.5 Å². The zero-order valence-electron chi connectivity index (χ0n) is 10.8. The third-order valence-electron chi connectivity index (χ3n) is 3.36. The normalized spacial score (nSPS) is 21.6. The third kappa shape index (κ3) is 3.08. The highest BCUT2D eigenvalue weighted by Gasteiger charge is 2.23. The molecule has 2 heterocycles. The van der Waals surface area contributed by atoms with Crippen LogP contribution >= 0.6 is 0 Å². The van der Waals surface area contributed by atoms with Crippen LogP contribution in [0.1, 0.15) is 37.5 Å². The maximum Gasteiger partial charge on any atom is 0.150 e. The molecule has 0 aromatic carbocycles. The first-order chi connectivity index (χ1) is 8.37. The lowest BCUT2D eigenvalue weighted by atomic mass is 10.00. The SMILES string of the molecule is CC1CCn2c(nnc2C(N)CCS(C)(=O)=O)C1.